The summed E-state index contributed by atoms with van der Waals surface area (Å²) in [7, 11) is 0. The van der Waals surface area contributed by atoms with E-state index in [0.717, 1.165) is 6.42 Å². The normalized spacial score (nSPS) is 18.4. The lowest BCUT2D eigenvalue weighted by atomic mass is 10.1. The molecule has 1 aromatic heterocycles. The van der Waals surface area contributed by atoms with Crippen LogP contribution >= 0.6 is 48.0 Å². The maximum absolute atomic E-state index is 12.7. The van der Waals surface area contributed by atoms with Gasteiger partial charge in [0.15, 0.2) is 0 Å². The van der Waals surface area contributed by atoms with Crippen LogP contribution in [0.25, 0.3) is 0 Å². The Morgan fingerprint density at radius 3 is 2.63 bits per heavy atom. The van der Waals surface area contributed by atoms with E-state index in [9.17, 15) is 4.79 Å². The molecule has 0 radical (unpaired) electrons. The van der Waals surface area contributed by atoms with Crippen molar-refractivity contribution in [1.29, 1.82) is 0 Å². The van der Waals surface area contributed by atoms with Gasteiger partial charge in [0.2, 0.25) is 5.88 Å². The minimum absolute atomic E-state index is 0. The van der Waals surface area contributed by atoms with Crippen LogP contribution < -0.4 is 10.5 Å². The van der Waals surface area contributed by atoms with Crippen molar-refractivity contribution in [3.05, 3.63) is 52.1 Å². The first-order valence-electron chi connectivity index (χ1n) is 8.08. The molecule has 5 nitrogen and oxygen atoms in total. The molecule has 0 spiro atoms. The van der Waals surface area contributed by atoms with E-state index in [-0.39, 0.29) is 36.8 Å². The first-order chi connectivity index (χ1) is 12.0. The van der Waals surface area contributed by atoms with E-state index in [4.69, 9.17) is 33.7 Å². The number of benzene rings is 1. The Morgan fingerprint density at radius 1 is 1.30 bits per heavy atom. The van der Waals surface area contributed by atoms with E-state index < -0.39 is 0 Å². The van der Waals surface area contributed by atoms with Crippen LogP contribution in [0.5, 0.6) is 11.6 Å². The van der Waals surface area contributed by atoms with Gasteiger partial charge in [0, 0.05) is 24.8 Å². The lowest BCUT2D eigenvalue weighted by Gasteiger charge is -2.21. The van der Waals surface area contributed by atoms with Gasteiger partial charge in [-0.2, -0.15) is 0 Å². The molecule has 2 unspecified atom stereocenters. The van der Waals surface area contributed by atoms with Crippen molar-refractivity contribution in [2.45, 2.75) is 19.4 Å². The number of aromatic nitrogens is 1. The summed E-state index contributed by atoms with van der Waals surface area (Å²) in [6.07, 6.45) is 2.45. The third kappa shape index (κ3) is 5.39. The quantitative estimate of drug-likeness (QED) is 0.720. The summed E-state index contributed by atoms with van der Waals surface area (Å²) in [4.78, 5) is 18.7. The number of pyridine rings is 1. The van der Waals surface area contributed by atoms with E-state index in [0.29, 0.717) is 46.2 Å². The number of hydrogen-bond acceptors (Lipinski definition) is 4. The highest BCUT2D eigenvalue weighted by molar-refractivity contribution is 6.42. The van der Waals surface area contributed by atoms with Crippen molar-refractivity contribution in [2.75, 3.05) is 13.1 Å². The van der Waals surface area contributed by atoms with Gasteiger partial charge in [0.25, 0.3) is 5.91 Å². The lowest BCUT2D eigenvalue weighted by molar-refractivity contribution is 0.0743. The second-order valence-corrected chi connectivity index (χ2v) is 6.97. The molecule has 1 aliphatic heterocycles. The minimum atomic E-state index is -0.0386. The average Bonchev–Trinajstić information content (AvgIpc) is 3.00. The predicted octanol–water partition coefficient (Wildman–Crippen LogP) is 4.83. The van der Waals surface area contributed by atoms with Crippen LogP contribution in [0, 0.1) is 5.92 Å². The zero-order valence-corrected chi connectivity index (χ0v) is 17.7. The van der Waals surface area contributed by atoms with Crippen LogP contribution in [0.4, 0.5) is 0 Å². The maximum Gasteiger partial charge on any atom is 0.255 e. The second-order valence-electron chi connectivity index (χ2n) is 6.18. The van der Waals surface area contributed by atoms with Gasteiger partial charge in [0.05, 0.1) is 10.6 Å². The lowest BCUT2D eigenvalue weighted by Crippen LogP contribution is -2.34. The molecule has 1 fully saturated rings. The van der Waals surface area contributed by atoms with Crippen molar-refractivity contribution < 1.29 is 9.53 Å². The molecule has 2 aromatic rings. The topological polar surface area (TPSA) is 68.5 Å². The van der Waals surface area contributed by atoms with Crippen LogP contribution in [0.3, 0.4) is 0 Å². The molecule has 1 aromatic carbocycles. The summed E-state index contributed by atoms with van der Waals surface area (Å²) in [6.45, 7) is 3.33. The van der Waals surface area contributed by atoms with Crippen LogP contribution in [0.2, 0.25) is 10.0 Å². The molecule has 27 heavy (non-hydrogen) atoms. The Balaban J connectivity index is 0.00000182. The van der Waals surface area contributed by atoms with Crippen LogP contribution in [-0.4, -0.2) is 34.9 Å². The molecule has 2 heterocycles. The molecular weight excluding hydrogens is 432 g/mol. The molecule has 1 aliphatic rings. The van der Waals surface area contributed by atoms with Crippen molar-refractivity contribution in [3.63, 3.8) is 0 Å². The van der Waals surface area contributed by atoms with Crippen LogP contribution in [0.1, 0.15) is 23.7 Å². The molecule has 2 N–H and O–H groups in total. The molecule has 1 saturated heterocycles. The van der Waals surface area contributed by atoms with Crippen LogP contribution in [0.15, 0.2) is 36.5 Å². The third-order valence-electron chi connectivity index (χ3n) is 4.37. The number of halogens is 4. The fourth-order valence-corrected chi connectivity index (χ4v) is 3.34. The van der Waals surface area contributed by atoms with Crippen molar-refractivity contribution in [3.8, 4) is 11.6 Å². The first kappa shape index (κ1) is 23.8. The molecule has 148 valence electrons. The fraction of sp³-hybridized carbons (Fsp3) is 0.333. The predicted molar refractivity (Wildman–Crippen MR) is 113 cm³/mol. The number of rotatable bonds is 4. The molecule has 0 aliphatic carbocycles. The van der Waals surface area contributed by atoms with Crippen molar-refractivity contribution in [1.82, 2.24) is 9.88 Å². The summed E-state index contributed by atoms with van der Waals surface area (Å²) in [5.41, 5.74) is 6.25. The number of carbonyl (C=O) groups excluding carboxylic acids is 1. The number of amides is 1. The summed E-state index contributed by atoms with van der Waals surface area (Å²) in [5.74, 6) is 1.08. The fourth-order valence-electron chi connectivity index (χ4n) is 3.00. The van der Waals surface area contributed by atoms with E-state index in [1.807, 2.05) is 11.8 Å². The van der Waals surface area contributed by atoms with E-state index >= 15 is 0 Å². The second kappa shape index (κ2) is 10.3. The highest BCUT2D eigenvalue weighted by Crippen LogP contribution is 2.34. The van der Waals surface area contributed by atoms with Crippen LogP contribution in [-0.2, 0) is 0 Å². The maximum atomic E-state index is 12.7. The zero-order valence-electron chi connectivity index (χ0n) is 14.6. The highest BCUT2D eigenvalue weighted by atomic mass is 35.5. The number of ether oxygens (including phenoxy) is 1. The average molecular weight is 453 g/mol. The van der Waals surface area contributed by atoms with Crippen molar-refractivity contribution >= 4 is 53.9 Å². The van der Waals surface area contributed by atoms with Crippen molar-refractivity contribution in [2.24, 2.45) is 11.7 Å². The van der Waals surface area contributed by atoms with Gasteiger partial charge >= 0.3 is 0 Å². The molecule has 0 saturated carbocycles. The summed E-state index contributed by atoms with van der Waals surface area (Å²) >= 11 is 12.1. The number of nitrogens with two attached hydrogens (primary N) is 1. The Morgan fingerprint density at radius 2 is 2.04 bits per heavy atom. The van der Waals surface area contributed by atoms with Gasteiger partial charge in [-0.05, 0) is 44.0 Å². The molecule has 2 atom stereocenters. The summed E-state index contributed by atoms with van der Waals surface area (Å²) < 4.78 is 5.64. The Kier molecular flexibility index (Phi) is 9.12. The van der Waals surface area contributed by atoms with Gasteiger partial charge in [-0.25, -0.2) is 4.98 Å². The Hall–Kier alpha value is -1.24. The standard InChI is InChI=1S/C18H19Cl2N3O2.2ClH/c1-11-7-12(8-21)10-23(11)18(24)13-5-6-16(22-9-13)25-15-4-2-3-14(19)17(15)20;;/h2-6,9,11-12H,7-8,10,21H2,1H3;2*1H. The van der Waals surface area contributed by atoms with E-state index in [2.05, 4.69) is 4.98 Å². The largest absolute Gasteiger partial charge is 0.437 e. The molecular formula is C18H21Cl4N3O2. The third-order valence-corrected chi connectivity index (χ3v) is 5.17. The summed E-state index contributed by atoms with van der Waals surface area (Å²) in [5, 5.41) is 0.730. The van der Waals surface area contributed by atoms with Gasteiger partial charge in [-0.1, -0.05) is 29.3 Å². The van der Waals surface area contributed by atoms with Gasteiger partial charge in [-0.15, -0.1) is 24.8 Å². The Labute approximate surface area is 181 Å². The summed E-state index contributed by atoms with van der Waals surface area (Å²) in [6, 6.07) is 8.65. The van der Waals surface area contributed by atoms with Gasteiger partial charge < -0.3 is 15.4 Å². The molecule has 9 heteroatoms. The van der Waals surface area contributed by atoms with E-state index in [1.165, 1.54) is 6.20 Å². The first-order valence-corrected chi connectivity index (χ1v) is 8.84. The highest BCUT2D eigenvalue weighted by Gasteiger charge is 2.32. The number of carbonyl (C=O) groups is 1. The number of likely N-dealkylation sites (tertiary alicyclic amines) is 1. The number of nitrogens with zero attached hydrogens (tertiary/aromatic N) is 2. The number of hydrogen-bond donors (Lipinski definition) is 1. The van der Waals surface area contributed by atoms with E-state index in [1.54, 1.807) is 30.3 Å². The zero-order chi connectivity index (χ0) is 18.0. The molecule has 1 amide bonds. The minimum Gasteiger partial charge on any atom is -0.437 e. The smallest absolute Gasteiger partial charge is 0.255 e. The molecule has 3 rings (SSSR count). The SMILES string of the molecule is CC1CC(CN)CN1C(=O)c1ccc(Oc2cccc(Cl)c2Cl)nc1.Cl.Cl. The van der Waals surface area contributed by atoms with Gasteiger partial charge in [0.1, 0.15) is 10.8 Å². The Bertz CT molecular complexity index is 774. The monoisotopic (exact) mass is 451 g/mol. The van der Waals surface area contributed by atoms with Gasteiger partial charge in [-0.3, -0.25) is 4.79 Å². The molecule has 0 bridgehead atoms.